The molecule has 4 rings (SSSR count). The standard InChI is InChI=1S/C21H25N5O2/c1-14(27)23-16-10-12-26(13-16)20-17-9-11-22-21(28)19(17)24-18(25-20)8-7-15-5-3-2-4-6-15/h2-6,16H,7-13H2,1H3,(H,22,28)(H,23,27). The van der Waals surface area contributed by atoms with Crippen LogP contribution in [0.1, 0.15) is 40.8 Å². The lowest BCUT2D eigenvalue weighted by atomic mass is 10.0. The maximum atomic E-state index is 12.4. The Morgan fingerprint density at radius 1 is 1.25 bits per heavy atom. The number of fused-ring (bicyclic) bond motifs is 1. The van der Waals surface area contributed by atoms with Crippen molar-refractivity contribution in [3.8, 4) is 0 Å². The van der Waals surface area contributed by atoms with Gasteiger partial charge >= 0.3 is 0 Å². The van der Waals surface area contributed by atoms with Crippen LogP contribution >= 0.6 is 0 Å². The van der Waals surface area contributed by atoms with Crippen LogP contribution in [0.15, 0.2) is 30.3 Å². The minimum absolute atomic E-state index is 0.0144. The van der Waals surface area contributed by atoms with Crippen LogP contribution in [0.4, 0.5) is 5.82 Å². The SMILES string of the molecule is CC(=O)NC1CCN(c2nc(CCc3ccccc3)nc3c2CCNC3=O)C1. The van der Waals surface area contributed by atoms with Gasteiger partial charge < -0.3 is 15.5 Å². The van der Waals surface area contributed by atoms with E-state index in [2.05, 4.69) is 32.7 Å². The van der Waals surface area contributed by atoms with Crippen molar-refractivity contribution in [2.45, 2.75) is 38.6 Å². The smallest absolute Gasteiger partial charge is 0.270 e. The van der Waals surface area contributed by atoms with E-state index >= 15 is 0 Å². The van der Waals surface area contributed by atoms with Gasteiger partial charge in [0.2, 0.25) is 5.91 Å². The van der Waals surface area contributed by atoms with Crippen molar-refractivity contribution in [1.82, 2.24) is 20.6 Å². The predicted octanol–water partition coefficient (Wildman–Crippen LogP) is 1.26. The first-order chi connectivity index (χ1) is 13.6. The number of nitrogens with one attached hydrogen (secondary N) is 2. The van der Waals surface area contributed by atoms with Crippen molar-refractivity contribution in [3.63, 3.8) is 0 Å². The Balaban J connectivity index is 1.60. The summed E-state index contributed by atoms with van der Waals surface area (Å²) in [4.78, 5) is 35.4. The van der Waals surface area contributed by atoms with Crippen molar-refractivity contribution < 1.29 is 9.59 Å². The second kappa shape index (κ2) is 7.96. The number of aryl methyl sites for hydroxylation is 2. The Kier molecular flexibility index (Phi) is 5.23. The van der Waals surface area contributed by atoms with E-state index in [-0.39, 0.29) is 17.9 Å². The minimum Gasteiger partial charge on any atom is -0.354 e. The second-order valence-electron chi connectivity index (χ2n) is 7.41. The summed E-state index contributed by atoms with van der Waals surface area (Å²) < 4.78 is 0. The number of aromatic nitrogens is 2. The lowest BCUT2D eigenvalue weighted by molar-refractivity contribution is -0.119. The molecule has 28 heavy (non-hydrogen) atoms. The quantitative estimate of drug-likeness (QED) is 0.817. The van der Waals surface area contributed by atoms with Gasteiger partial charge in [0.05, 0.1) is 0 Å². The number of nitrogens with zero attached hydrogens (tertiary/aromatic N) is 3. The van der Waals surface area contributed by atoms with Gasteiger partial charge in [-0.15, -0.1) is 0 Å². The van der Waals surface area contributed by atoms with Gasteiger partial charge in [-0.3, -0.25) is 9.59 Å². The summed E-state index contributed by atoms with van der Waals surface area (Å²) in [5.41, 5.74) is 2.65. The Labute approximate surface area is 164 Å². The van der Waals surface area contributed by atoms with Gasteiger partial charge in [-0.25, -0.2) is 9.97 Å². The first-order valence-electron chi connectivity index (χ1n) is 9.84. The predicted molar refractivity (Wildman–Crippen MR) is 106 cm³/mol. The van der Waals surface area contributed by atoms with E-state index in [4.69, 9.17) is 4.98 Å². The Morgan fingerprint density at radius 2 is 2.07 bits per heavy atom. The molecule has 2 aliphatic rings. The Bertz CT molecular complexity index is 884. The number of amides is 2. The van der Waals surface area contributed by atoms with Crippen LogP contribution < -0.4 is 15.5 Å². The Morgan fingerprint density at radius 3 is 2.86 bits per heavy atom. The number of hydrogen-bond acceptors (Lipinski definition) is 5. The molecule has 0 spiro atoms. The highest BCUT2D eigenvalue weighted by atomic mass is 16.2. The fraction of sp³-hybridized carbons (Fsp3) is 0.429. The highest BCUT2D eigenvalue weighted by Gasteiger charge is 2.30. The lowest BCUT2D eigenvalue weighted by Crippen LogP contribution is -2.38. The Hall–Kier alpha value is -2.96. The molecule has 1 unspecified atom stereocenters. The van der Waals surface area contributed by atoms with E-state index in [9.17, 15) is 9.59 Å². The molecule has 1 saturated heterocycles. The van der Waals surface area contributed by atoms with E-state index in [0.29, 0.717) is 31.0 Å². The van der Waals surface area contributed by atoms with Crippen molar-refractivity contribution in [2.24, 2.45) is 0 Å². The topological polar surface area (TPSA) is 87.2 Å². The van der Waals surface area contributed by atoms with Gasteiger partial charge in [-0.2, -0.15) is 0 Å². The molecule has 2 N–H and O–H groups in total. The maximum Gasteiger partial charge on any atom is 0.270 e. The molecule has 1 atom stereocenters. The van der Waals surface area contributed by atoms with E-state index < -0.39 is 0 Å². The maximum absolute atomic E-state index is 12.4. The number of carbonyl (C=O) groups is 2. The van der Waals surface area contributed by atoms with E-state index in [1.165, 1.54) is 5.56 Å². The summed E-state index contributed by atoms with van der Waals surface area (Å²) in [5.74, 6) is 1.41. The van der Waals surface area contributed by atoms with Crippen molar-refractivity contribution in [1.29, 1.82) is 0 Å². The summed E-state index contributed by atoms with van der Waals surface area (Å²) in [7, 11) is 0. The minimum atomic E-state index is -0.122. The van der Waals surface area contributed by atoms with Crippen LogP contribution in [0.3, 0.4) is 0 Å². The van der Waals surface area contributed by atoms with Crippen LogP contribution in [-0.2, 0) is 24.1 Å². The van der Waals surface area contributed by atoms with Gasteiger partial charge in [0.25, 0.3) is 5.91 Å². The highest BCUT2D eigenvalue weighted by molar-refractivity contribution is 5.96. The molecule has 1 aromatic heterocycles. The average molecular weight is 379 g/mol. The molecule has 0 bridgehead atoms. The van der Waals surface area contributed by atoms with Gasteiger partial charge in [0.15, 0.2) is 0 Å². The summed E-state index contributed by atoms with van der Waals surface area (Å²) in [6.07, 6.45) is 3.12. The summed E-state index contributed by atoms with van der Waals surface area (Å²) in [6.45, 7) is 3.67. The third-order valence-electron chi connectivity index (χ3n) is 5.28. The van der Waals surface area contributed by atoms with Gasteiger partial charge in [0, 0.05) is 44.6 Å². The van der Waals surface area contributed by atoms with Gasteiger partial charge in [-0.1, -0.05) is 30.3 Å². The fourth-order valence-electron chi connectivity index (χ4n) is 3.95. The average Bonchev–Trinajstić information content (AvgIpc) is 3.15. The number of hydrogen-bond donors (Lipinski definition) is 2. The lowest BCUT2D eigenvalue weighted by Gasteiger charge is -2.25. The summed E-state index contributed by atoms with van der Waals surface area (Å²) in [5, 5.41) is 5.88. The van der Waals surface area contributed by atoms with Gasteiger partial charge in [-0.05, 0) is 24.8 Å². The molecular formula is C21H25N5O2. The second-order valence-corrected chi connectivity index (χ2v) is 7.41. The normalized spacial score (nSPS) is 18.5. The molecule has 2 aliphatic heterocycles. The molecular weight excluding hydrogens is 354 g/mol. The van der Waals surface area contributed by atoms with E-state index in [1.54, 1.807) is 6.92 Å². The number of rotatable bonds is 5. The molecule has 1 aromatic carbocycles. The number of carbonyl (C=O) groups excluding carboxylic acids is 2. The fourth-order valence-corrected chi connectivity index (χ4v) is 3.95. The third kappa shape index (κ3) is 3.98. The molecule has 2 aromatic rings. The zero-order valence-corrected chi connectivity index (χ0v) is 16.1. The molecule has 146 valence electrons. The summed E-state index contributed by atoms with van der Waals surface area (Å²) >= 11 is 0. The number of anilines is 1. The molecule has 0 radical (unpaired) electrons. The molecule has 2 amide bonds. The number of benzene rings is 1. The molecule has 7 nitrogen and oxygen atoms in total. The van der Waals surface area contributed by atoms with Crippen LogP contribution in [0, 0.1) is 0 Å². The summed E-state index contributed by atoms with van der Waals surface area (Å²) in [6, 6.07) is 10.3. The van der Waals surface area contributed by atoms with Crippen molar-refractivity contribution in [2.75, 3.05) is 24.5 Å². The monoisotopic (exact) mass is 379 g/mol. The van der Waals surface area contributed by atoms with Crippen LogP contribution in [0.5, 0.6) is 0 Å². The zero-order valence-electron chi connectivity index (χ0n) is 16.1. The molecule has 0 aliphatic carbocycles. The van der Waals surface area contributed by atoms with Crippen LogP contribution in [-0.4, -0.2) is 47.5 Å². The third-order valence-corrected chi connectivity index (χ3v) is 5.28. The molecule has 7 heteroatoms. The first-order valence-corrected chi connectivity index (χ1v) is 9.84. The van der Waals surface area contributed by atoms with Crippen molar-refractivity contribution in [3.05, 3.63) is 53.0 Å². The molecule has 0 saturated carbocycles. The zero-order chi connectivity index (χ0) is 19.5. The largest absolute Gasteiger partial charge is 0.354 e. The van der Waals surface area contributed by atoms with Crippen LogP contribution in [0.2, 0.25) is 0 Å². The molecule has 1 fully saturated rings. The first kappa shape index (κ1) is 18.4. The van der Waals surface area contributed by atoms with E-state index in [0.717, 1.165) is 37.2 Å². The molecule has 3 heterocycles. The van der Waals surface area contributed by atoms with Gasteiger partial charge in [0.1, 0.15) is 17.3 Å². The van der Waals surface area contributed by atoms with E-state index in [1.807, 2.05) is 18.2 Å². The van der Waals surface area contributed by atoms with Crippen LogP contribution in [0.25, 0.3) is 0 Å². The van der Waals surface area contributed by atoms with Crippen molar-refractivity contribution >= 4 is 17.6 Å². The highest BCUT2D eigenvalue weighted by Crippen LogP contribution is 2.27.